The molecule has 21 heavy (non-hydrogen) atoms. The van der Waals surface area contributed by atoms with Gasteiger partial charge in [0.15, 0.2) is 6.61 Å². The van der Waals surface area contributed by atoms with Crippen molar-refractivity contribution < 1.29 is 27.8 Å². The molecule has 1 amide bonds. The first-order valence-electron chi connectivity index (χ1n) is 5.76. The number of hydrogen-bond acceptors (Lipinski definition) is 4. The maximum absolute atomic E-state index is 12.0. The number of hydrogen-bond donors (Lipinski definition) is 1. The monoisotopic (exact) mass is 319 g/mol. The fraction of sp³-hybridized carbons (Fsp3) is 0.231. The van der Waals surface area contributed by atoms with Crippen molar-refractivity contribution in [3.05, 3.63) is 35.4 Å². The molecule has 1 aromatic rings. The Labute approximate surface area is 124 Å². The second-order valence-electron chi connectivity index (χ2n) is 3.68. The third-order valence-electron chi connectivity index (χ3n) is 2.08. The molecule has 0 aliphatic carbocycles. The van der Waals surface area contributed by atoms with E-state index in [-0.39, 0.29) is 16.5 Å². The van der Waals surface area contributed by atoms with Crippen LogP contribution in [0.5, 0.6) is 5.75 Å². The Morgan fingerprint density at radius 2 is 2.14 bits per heavy atom. The second-order valence-corrected chi connectivity index (χ2v) is 4.09. The Morgan fingerprint density at radius 1 is 1.43 bits per heavy atom. The third kappa shape index (κ3) is 6.22. The highest BCUT2D eigenvalue weighted by Gasteiger charge is 2.11. The number of nitrogens with one attached hydrogen (secondary N) is 1. The average Bonchev–Trinajstić information content (AvgIpc) is 2.39. The molecular weight excluding hydrogens is 308 g/mol. The van der Waals surface area contributed by atoms with Crippen LogP contribution >= 0.6 is 11.6 Å². The first-order chi connectivity index (χ1) is 9.92. The van der Waals surface area contributed by atoms with Crippen LogP contribution in [0.15, 0.2) is 30.4 Å². The minimum atomic E-state index is -2.99. The summed E-state index contributed by atoms with van der Waals surface area (Å²) in [7, 11) is 0. The lowest BCUT2D eigenvalue weighted by Gasteiger charge is -2.09. The topological polar surface area (TPSA) is 64.6 Å². The normalized spacial score (nSPS) is 10.7. The molecule has 0 saturated heterocycles. The Morgan fingerprint density at radius 3 is 2.71 bits per heavy atom. The van der Waals surface area contributed by atoms with Crippen LogP contribution in [0.3, 0.4) is 0 Å². The molecule has 0 atom stereocenters. The predicted octanol–water partition coefficient (Wildman–Crippen LogP) is 3.00. The molecule has 0 aliphatic rings. The Balaban J connectivity index is 2.57. The van der Waals surface area contributed by atoms with Gasteiger partial charge in [0.05, 0.1) is 5.02 Å². The summed E-state index contributed by atoms with van der Waals surface area (Å²) < 4.78 is 32.9. The van der Waals surface area contributed by atoms with Crippen molar-refractivity contribution in [3.8, 4) is 5.75 Å². The van der Waals surface area contributed by atoms with E-state index in [1.165, 1.54) is 30.4 Å². The smallest absolute Gasteiger partial charge is 0.387 e. The molecule has 0 aliphatic heterocycles. The van der Waals surface area contributed by atoms with Gasteiger partial charge in [-0.05, 0) is 25.1 Å². The molecule has 0 saturated carbocycles. The lowest BCUT2D eigenvalue weighted by atomic mass is 10.3. The van der Waals surface area contributed by atoms with Gasteiger partial charge in [0.1, 0.15) is 5.75 Å². The van der Waals surface area contributed by atoms with Gasteiger partial charge in [0, 0.05) is 11.8 Å². The van der Waals surface area contributed by atoms with Gasteiger partial charge in [-0.3, -0.25) is 4.79 Å². The van der Waals surface area contributed by atoms with Crippen LogP contribution < -0.4 is 10.1 Å². The lowest BCUT2D eigenvalue weighted by molar-refractivity contribution is -0.142. The summed E-state index contributed by atoms with van der Waals surface area (Å²) in [6, 6.07) is 3.76. The van der Waals surface area contributed by atoms with Crippen LogP contribution in [0, 0.1) is 0 Å². The van der Waals surface area contributed by atoms with Gasteiger partial charge in [0.2, 0.25) is 0 Å². The molecule has 0 heterocycles. The van der Waals surface area contributed by atoms with E-state index in [1.54, 1.807) is 6.92 Å². The van der Waals surface area contributed by atoms with Gasteiger partial charge < -0.3 is 14.8 Å². The molecule has 114 valence electrons. The Bertz CT molecular complexity index is 549. The predicted molar refractivity (Wildman–Crippen MR) is 72.5 cm³/mol. The van der Waals surface area contributed by atoms with Crippen molar-refractivity contribution in [1.29, 1.82) is 0 Å². The van der Waals surface area contributed by atoms with Gasteiger partial charge in [-0.25, -0.2) is 4.79 Å². The molecule has 0 aromatic heterocycles. The molecular formula is C13H12ClF2NO4. The summed E-state index contributed by atoms with van der Waals surface area (Å²) in [6.45, 7) is -1.84. The van der Waals surface area contributed by atoms with Crippen molar-refractivity contribution in [3.63, 3.8) is 0 Å². The van der Waals surface area contributed by atoms with E-state index in [9.17, 15) is 18.4 Å². The van der Waals surface area contributed by atoms with Gasteiger partial charge >= 0.3 is 12.6 Å². The molecule has 0 radical (unpaired) electrons. The zero-order valence-electron chi connectivity index (χ0n) is 10.9. The maximum atomic E-state index is 12.0. The first kappa shape index (κ1) is 16.9. The minimum absolute atomic E-state index is 0.0842. The van der Waals surface area contributed by atoms with Gasteiger partial charge in [-0.15, -0.1) is 0 Å². The number of esters is 1. The Hall–Kier alpha value is -2.15. The number of allylic oxidation sites excluding steroid dienone is 1. The summed E-state index contributed by atoms with van der Waals surface area (Å²) in [5.41, 5.74) is 0.258. The van der Waals surface area contributed by atoms with E-state index in [2.05, 4.69) is 14.8 Å². The van der Waals surface area contributed by atoms with Crippen LogP contribution in [0.25, 0.3) is 0 Å². The number of ether oxygens (including phenoxy) is 2. The fourth-order valence-corrected chi connectivity index (χ4v) is 1.51. The van der Waals surface area contributed by atoms with Gasteiger partial charge in [-0.1, -0.05) is 17.7 Å². The van der Waals surface area contributed by atoms with Crippen LogP contribution in [0.2, 0.25) is 5.02 Å². The number of amides is 1. The number of carbonyl (C=O) groups excluding carboxylic acids is 2. The van der Waals surface area contributed by atoms with Crippen molar-refractivity contribution in [2.75, 3.05) is 11.9 Å². The SMILES string of the molecule is C/C=C/C(=O)OCC(=O)Nc1ccc(OC(F)F)c(Cl)c1. The summed E-state index contributed by atoms with van der Waals surface area (Å²) in [5, 5.41) is 2.31. The Kier molecular flexibility index (Phi) is 6.61. The van der Waals surface area contributed by atoms with Crippen molar-refractivity contribution in [2.45, 2.75) is 13.5 Å². The summed E-state index contributed by atoms with van der Waals surface area (Å²) in [4.78, 5) is 22.5. The standard InChI is InChI=1S/C13H12ClF2NO4/c1-2-3-12(19)20-7-11(18)17-8-4-5-10(9(14)6-8)21-13(15)16/h2-6,13H,7H2,1H3,(H,17,18)/b3-2+. The number of carbonyl (C=O) groups is 2. The number of rotatable bonds is 6. The molecule has 1 rings (SSSR count). The van der Waals surface area contributed by atoms with E-state index < -0.39 is 25.1 Å². The molecule has 8 heteroatoms. The molecule has 1 N–H and O–H groups in total. The largest absolute Gasteiger partial charge is 0.452 e. The van der Waals surface area contributed by atoms with Crippen LogP contribution in [-0.4, -0.2) is 25.1 Å². The highest BCUT2D eigenvalue weighted by molar-refractivity contribution is 6.32. The molecule has 5 nitrogen and oxygen atoms in total. The van der Waals surface area contributed by atoms with Crippen LogP contribution in [-0.2, 0) is 14.3 Å². The highest BCUT2D eigenvalue weighted by atomic mass is 35.5. The third-order valence-corrected chi connectivity index (χ3v) is 2.38. The second kappa shape index (κ2) is 8.21. The minimum Gasteiger partial charge on any atom is -0.452 e. The van der Waals surface area contributed by atoms with Crippen LogP contribution in [0.4, 0.5) is 14.5 Å². The van der Waals surface area contributed by atoms with Crippen LogP contribution in [0.1, 0.15) is 6.92 Å². The summed E-state index contributed by atoms with van der Waals surface area (Å²) >= 11 is 5.72. The summed E-state index contributed by atoms with van der Waals surface area (Å²) in [5.74, 6) is -1.44. The van der Waals surface area contributed by atoms with Gasteiger partial charge in [-0.2, -0.15) is 8.78 Å². The average molecular weight is 320 g/mol. The molecule has 0 spiro atoms. The van der Waals surface area contributed by atoms with Crippen molar-refractivity contribution in [1.82, 2.24) is 0 Å². The zero-order chi connectivity index (χ0) is 15.8. The van der Waals surface area contributed by atoms with Crippen molar-refractivity contribution in [2.24, 2.45) is 0 Å². The molecule has 0 bridgehead atoms. The lowest BCUT2D eigenvalue weighted by Crippen LogP contribution is -2.20. The first-order valence-corrected chi connectivity index (χ1v) is 6.14. The molecule has 0 unspecified atom stereocenters. The number of anilines is 1. The van der Waals surface area contributed by atoms with Crippen molar-refractivity contribution >= 4 is 29.2 Å². The number of alkyl halides is 2. The maximum Gasteiger partial charge on any atom is 0.387 e. The molecule has 0 fully saturated rings. The van der Waals surface area contributed by atoms with Gasteiger partial charge in [0.25, 0.3) is 5.91 Å². The summed E-state index contributed by atoms with van der Waals surface area (Å²) in [6.07, 6.45) is 2.64. The van der Waals surface area contributed by atoms with E-state index in [1.807, 2.05) is 0 Å². The van der Waals surface area contributed by atoms with E-state index in [4.69, 9.17) is 11.6 Å². The highest BCUT2D eigenvalue weighted by Crippen LogP contribution is 2.28. The molecule has 1 aromatic carbocycles. The van der Waals surface area contributed by atoms with E-state index >= 15 is 0 Å². The zero-order valence-corrected chi connectivity index (χ0v) is 11.7. The van der Waals surface area contributed by atoms with E-state index in [0.29, 0.717) is 0 Å². The number of benzene rings is 1. The number of halogens is 3. The quantitative estimate of drug-likeness (QED) is 0.646. The van der Waals surface area contributed by atoms with E-state index in [0.717, 1.165) is 0 Å². The fourth-order valence-electron chi connectivity index (χ4n) is 1.29.